The summed E-state index contributed by atoms with van der Waals surface area (Å²) in [5.74, 6) is -0.0972. The summed E-state index contributed by atoms with van der Waals surface area (Å²) in [5.41, 5.74) is 5.28. The quantitative estimate of drug-likeness (QED) is 0.500. The van der Waals surface area contributed by atoms with Crippen LogP contribution in [0.1, 0.15) is 16.7 Å². The maximum Gasteiger partial charge on any atom is 0.256 e. The Morgan fingerprint density at radius 3 is 2.75 bits per heavy atom. The van der Waals surface area contributed by atoms with Crippen molar-refractivity contribution in [1.29, 1.82) is 0 Å². The lowest BCUT2D eigenvalue weighted by Gasteiger charge is -2.08. The molecule has 0 atom stereocenters. The molecular formula is C19H12Br2N2O. The van der Waals surface area contributed by atoms with Crippen molar-refractivity contribution in [2.75, 3.05) is 5.32 Å². The van der Waals surface area contributed by atoms with Gasteiger partial charge in [0.15, 0.2) is 0 Å². The molecule has 0 unspecified atom stereocenters. The molecular weight excluding hydrogens is 432 g/mol. The molecule has 1 aliphatic heterocycles. The number of aromatic nitrogens is 1. The number of para-hydroxylation sites is 1. The van der Waals surface area contributed by atoms with E-state index in [1.54, 1.807) is 6.20 Å². The topological polar surface area (TPSA) is 42.0 Å². The third-order valence-electron chi connectivity index (χ3n) is 4.15. The molecule has 2 heterocycles. The number of carbonyl (C=O) groups is 1. The molecule has 0 fully saturated rings. The molecule has 0 radical (unpaired) electrons. The van der Waals surface area contributed by atoms with E-state index in [9.17, 15) is 4.79 Å². The van der Waals surface area contributed by atoms with Crippen LogP contribution in [-0.4, -0.2) is 10.9 Å². The fraction of sp³-hybridized carbons (Fsp3) is 0.0526. The van der Waals surface area contributed by atoms with E-state index in [2.05, 4.69) is 42.2 Å². The third-order valence-corrected chi connectivity index (χ3v) is 5.60. The van der Waals surface area contributed by atoms with Crippen molar-refractivity contribution in [2.24, 2.45) is 0 Å². The van der Waals surface area contributed by atoms with E-state index < -0.39 is 0 Å². The zero-order valence-corrected chi connectivity index (χ0v) is 15.9. The smallest absolute Gasteiger partial charge is 0.256 e. The van der Waals surface area contributed by atoms with E-state index in [4.69, 9.17) is 0 Å². The molecule has 2 aromatic carbocycles. The van der Waals surface area contributed by atoms with Crippen molar-refractivity contribution >= 4 is 66.0 Å². The van der Waals surface area contributed by atoms with Gasteiger partial charge in [0.05, 0.1) is 11.2 Å². The van der Waals surface area contributed by atoms with Crippen LogP contribution in [0, 0.1) is 6.92 Å². The van der Waals surface area contributed by atoms with Crippen molar-refractivity contribution < 1.29 is 4.79 Å². The van der Waals surface area contributed by atoms with Gasteiger partial charge in [-0.15, -0.1) is 0 Å². The number of anilines is 1. The van der Waals surface area contributed by atoms with Crippen LogP contribution in [-0.2, 0) is 4.79 Å². The second-order valence-corrected chi connectivity index (χ2v) is 7.40. The van der Waals surface area contributed by atoms with Crippen LogP contribution in [0.3, 0.4) is 0 Å². The second kappa shape index (κ2) is 5.83. The molecule has 0 aliphatic carbocycles. The summed E-state index contributed by atoms with van der Waals surface area (Å²) in [6.45, 7) is 2.00. The zero-order valence-electron chi connectivity index (χ0n) is 12.7. The summed E-state index contributed by atoms with van der Waals surface area (Å²) in [5, 5.41) is 4.00. The Morgan fingerprint density at radius 2 is 1.92 bits per heavy atom. The predicted octanol–water partition coefficient (Wildman–Crippen LogP) is 5.56. The number of amides is 1. The van der Waals surface area contributed by atoms with Crippen LogP contribution in [0.25, 0.3) is 22.6 Å². The molecule has 1 aliphatic rings. The molecule has 3 nitrogen and oxygen atoms in total. The second-order valence-electron chi connectivity index (χ2n) is 5.69. The minimum atomic E-state index is -0.0972. The molecule has 0 bridgehead atoms. The van der Waals surface area contributed by atoms with Crippen LogP contribution >= 0.6 is 31.9 Å². The van der Waals surface area contributed by atoms with E-state index in [0.717, 1.165) is 42.2 Å². The van der Waals surface area contributed by atoms with Gasteiger partial charge in [0.2, 0.25) is 0 Å². The Kier molecular flexibility index (Phi) is 3.77. The first kappa shape index (κ1) is 15.5. The van der Waals surface area contributed by atoms with Crippen LogP contribution < -0.4 is 5.32 Å². The van der Waals surface area contributed by atoms with Gasteiger partial charge in [-0.05, 0) is 58.3 Å². The fourth-order valence-electron chi connectivity index (χ4n) is 2.94. The van der Waals surface area contributed by atoms with E-state index in [0.29, 0.717) is 5.57 Å². The molecule has 0 spiro atoms. The van der Waals surface area contributed by atoms with Gasteiger partial charge in [-0.1, -0.05) is 34.1 Å². The number of halogens is 2. The minimum Gasteiger partial charge on any atom is -0.320 e. The van der Waals surface area contributed by atoms with Crippen LogP contribution in [0.4, 0.5) is 5.69 Å². The summed E-state index contributed by atoms with van der Waals surface area (Å²) in [6.07, 6.45) is 3.69. The van der Waals surface area contributed by atoms with Gasteiger partial charge in [-0.3, -0.25) is 9.78 Å². The van der Waals surface area contributed by atoms with Crippen molar-refractivity contribution in [2.45, 2.75) is 6.92 Å². The lowest BCUT2D eigenvalue weighted by Crippen LogP contribution is -2.03. The molecule has 4 rings (SSSR count). The van der Waals surface area contributed by atoms with Crippen LogP contribution in [0.5, 0.6) is 0 Å². The predicted molar refractivity (Wildman–Crippen MR) is 105 cm³/mol. The summed E-state index contributed by atoms with van der Waals surface area (Å²) in [6, 6.07) is 11.9. The normalized spacial score (nSPS) is 15.0. The SMILES string of the molecule is Cc1c(Br)cc(Br)c2c1C(=Cc1cnc3ccccc3c1)C(=O)N2. The Hall–Kier alpha value is -1.98. The van der Waals surface area contributed by atoms with E-state index in [1.165, 1.54) is 0 Å². The van der Waals surface area contributed by atoms with Gasteiger partial charge in [-0.2, -0.15) is 0 Å². The summed E-state index contributed by atoms with van der Waals surface area (Å²) >= 11 is 7.08. The first-order valence-electron chi connectivity index (χ1n) is 7.41. The highest BCUT2D eigenvalue weighted by Crippen LogP contribution is 2.43. The minimum absolute atomic E-state index is 0.0972. The summed E-state index contributed by atoms with van der Waals surface area (Å²) in [4.78, 5) is 16.9. The molecule has 5 heteroatoms. The van der Waals surface area contributed by atoms with Crippen molar-refractivity contribution in [3.05, 3.63) is 68.2 Å². The maximum atomic E-state index is 12.5. The lowest BCUT2D eigenvalue weighted by molar-refractivity contribution is -0.110. The third kappa shape index (κ3) is 2.48. The Balaban J connectivity index is 1.90. The molecule has 118 valence electrons. The summed E-state index contributed by atoms with van der Waals surface area (Å²) in [7, 11) is 0. The molecule has 1 N–H and O–H groups in total. The number of nitrogens with zero attached hydrogens (tertiary/aromatic N) is 1. The van der Waals surface area contributed by atoms with Gasteiger partial charge in [0, 0.05) is 31.7 Å². The number of nitrogens with one attached hydrogen (secondary N) is 1. The van der Waals surface area contributed by atoms with Gasteiger partial charge < -0.3 is 5.32 Å². The Labute approximate surface area is 156 Å². The molecule has 3 aromatic rings. The van der Waals surface area contributed by atoms with E-state index in [1.807, 2.05) is 49.4 Å². The molecule has 24 heavy (non-hydrogen) atoms. The standard InChI is InChI=1S/C19H12Br2N2O/c1-10-14(20)8-15(21)18-17(10)13(19(24)23-18)7-11-6-12-4-2-3-5-16(12)22-9-11/h2-9H,1H3,(H,23,24). The number of benzene rings is 2. The lowest BCUT2D eigenvalue weighted by atomic mass is 9.99. The highest BCUT2D eigenvalue weighted by atomic mass is 79.9. The van der Waals surface area contributed by atoms with Gasteiger partial charge >= 0.3 is 0 Å². The number of rotatable bonds is 1. The highest BCUT2D eigenvalue weighted by molar-refractivity contribution is 9.11. The Morgan fingerprint density at radius 1 is 1.12 bits per heavy atom. The number of hydrogen-bond acceptors (Lipinski definition) is 2. The monoisotopic (exact) mass is 442 g/mol. The van der Waals surface area contributed by atoms with Gasteiger partial charge in [-0.25, -0.2) is 0 Å². The molecule has 0 saturated heterocycles. The number of carbonyl (C=O) groups excluding carboxylic acids is 1. The largest absolute Gasteiger partial charge is 0.320 e. The molecule has 1 aromatic heterocycles. The van der Waals surface area contributed by atoms with E-state index in [-0.39, 0.29) is 5.91 Å². The van der Waals surface area contributed by atoms with Gasteiger partial charge in [0.1, 0.15) is 0 Å². The number of fused-ring (bicyclic) bond motifs is 2. The highest BCUT2D eigenvalue weighted by Gasteiger charge is 2.29. The van der Waals surface area contributed by atoms with E-state index >= 15 is 0 Å². The molecule has 1 amide bonds. The average molecular weight is 444 g/mol. The fourth-order valence-corrected chi connectivity index (χ4v) is 4.20. The first-order valence-corrected chi connectivity index (χ1v) is 9.00. The average Bonchev–Trinajstić information content (AvgIpc) is 2.90. The Bertz CT molecular complexity index is 1040. The van der Waals surface area contributed by atoms with Crippen LogP contribution in [0.2, 0.25) is 0 Å². The van der Waals surface area contributed by atoms with Crippen molar-refractivity contribution in [1.82, 2.24) is 4.98 Å². The number of pyridine rings is 1. The maximum absolute atomic E-state index is 12.5. The first-order chi connectivity index (χ1) is 11.5. The molecule has 0 saturated carbocycles. The number of hydrogen-bond donors (Lipinski definition) is 1. The summed E-state index contributed by atoms with van der Waals surface area (Å²) < 4.78 is 1.83. The van der Waals surface area contributed by atoms with Crippen LogP contribution in [0.15, 0.2) is 51.5 Å². The van der Waals surface area contributed by atoms with Crippen molar-refractivity contribution in [3.63, 3.8) is 0 Å². The zero-order chi connectivity index (χ0) is 16.8. The van der Waals surface area contributed by atoms with Crippen molar-refractivity contribution in [3.8, 4) is 0 Å². The van der Waals surface area contributed by atoms with Gasteiger partial charge in [0.25, 0.3) is 5.91 Å².